The SMILES string of the molecule is CCC[C@H]1CC[C@@H]2C[C@H](C3CCC(CC)CC3)CC[C@H]2C1. The lowest BCUT2D eigenvalue weighted by atomic mass is 9.60. The van der Waals surface area contributed by atoms with E-state index >= 15 is 0 Å². The maximum Gasteiger partial charge on any atom is -0.0383 e. The van der Waals surface area contributed by atoms with Crippen LogP contribution in [0, 0.1) is 35.5 Å². The summed E-state index contributed by atoms with van der Waals surface area (Å²) in [6, 6.07) is 0. The van der Waals surface area contributed by atoms with Gasteiger partial charge < -0.3 is 0 Å². The average Bonchev–Trinajstić information content (AvgIpc) is 2.55. The van der Waals surface area contributed by atoms with Gasteiger partial charge in [-0.25, -0.2) is 0 Å². The Balaban J connectivity index is 1.47. The highest BCUT2D eigenvalue weighted by Crippen LogP contribution is 2.49. The minimum absolute atomic E-state index is 1.07. The van der Waals surface area contributed by atoms with Crippen molar-refractivity contribution in [2.45, 2.75) is 97.3 Å². The van der Waals surface area contributed by atoms with Gasteiger partial charge >= 0.3 is 0 Å². The second-order valence-electron chi connectivity index (χ2n) is 8.75. The summed E-state index contributed by atoms with van der Waals surface area (Å²) in [5.74, 6) is 6.64. The van der Waals surface area contributed by atoms with Crippen LogP contribution in [0.3, 0.4) is 0 Å². The monoisotopic (exact) mass is 290 g/mol. The van der Waals surface area contributed by atoms with Gasteiger partial charge in [-0.2, -0.15) is 0 Å². The standard InChI is InChI=1S/C21H38/c1-3-5-17-8-11-21-15-20(13-12-19(21)14-17)18-9-6-16(4-2)7-10-18/h16-21H,3-15H2,1-2H3/t16?,17-,18?,19-,20+,21+/m0/s1. The van der Waals surface area contributed by atoms with E-state index in [-0.39, 0.29) is 0 Å². The molecule has 0 spiro atoms. The van der Waals surface area contributed by atoms with Gasteiger partial charge in [-0.3, -0.25) is 0 Å². The van der Waals surface area contributed by atoms with E-state index < -0.39 is 0 Å². The van der Waals surface area contributed by atoms with Gasteiger partial charge in [-0.15, -0.1) is 0 Å². The zero-order valence-corrected chi connectivity index (χ0v) is 14.7. The molecule has 3 aliphatic carbocycles. The molecule has 0 nitrogen and oxygen atoms in total. The zero-order chi connectivity index (χ0) is 14.7. The van der Waals surface area contributed by atoms with Crippen molar-refractivity contribution in [2.75, 3.05) is 0 Å². The summed E-state index contributed by atoms with van der Waals surface area (Å²) >= 11 is 0. The number of hydrogen-bond donors (Lipinski definition) is 0. The molecule has 21 heavy (non-hydrogen) atoms. The fraction of sp³-hybridized carbons (Fsp3) is 1.00. The Morgan fingerprint density at radius 2 is 1.10 bits per heavy atom. The van der Waals surface area contributed by atoms with E-state index in [1.54, 1.807) is 64.2 Å². The molecule has 3 rings (SSSR count). The van der Waals surface area contributed by atoms with Crippen LogP contribution in [0.2, 0.25) is 0 Å². The quantitative estimate of drug-likeness (QED) is 0.532. The first-order valence-electron chi connectivity index (χ1n) is 10.3. The fourth-order valence-corrected chi connectivity index (χ4v) is 6.19. The smallest absolute Gasteiger partial charge is 0.0383 e. The molecule has 0 amide bonds. The van der Waals surface area contributed by atoms with Gasteiger partial charge in [-0.05, 0) is 80.5 Å². The first-order chi connectivity index (χ1) is 10.3. The molecule has 0 saturated heterocycles. The molecule has 0 N–H and O–H groups in total. The molecule has 0 aliphatic heterocycles. The zero-order valence-electron chi connectivity index (χ0n) is 14.7. The molecule has 4 atom stereocenters. The maximum absolute atomic E-state index is 2.39. The van der Waals surface area contributed by atoms with Crippen LogP contribution in [0.4, 0.5) is 0 Å². The van der Waals surface area contributed by atoms with Crippen LogP contribution < -0.4 is 0 Å². The van der Waals surface area contributed by atoms with Gasteiger partial charge in [0.1, 0.15) is 0 Å². The summed E-state index contributed by atoms with van der Waals surface area (Å²) in [6.45, 7) is 4.76. The van der Waals surface area contributed by atoms with Crippen molar-refractivity contribution in [3.8, 4) is 0 Å². The Kier molecular flexibility index (Phi) is 5.68. The van der Waals surface area contributed by atoms with Crippen molar-refractivity contribution >= 4 is 0 Å². The van der Waals surface area contributed by atoms with Crippen LogP contribution >= 0.6 is 0 Å². The second-order valence-corrected chi connectivity index (χ2v) is 8.75. The van der Waals surface area contributed by atoms with E-state index in [0.717, 1.165) is 35.5 Å². The van der Waals surface area contributed by atoms with Crippen LogP contribution in [-0.2, 0) is 0 Å². The molecule has 3 saturated carbocycles. The predicted molar refractivity (Wildman–Crippen MR) is 92.3 cm³/mol. The number of hydrogen-bond acceptors (Lipinski definition) is 0. The maximum atomic E-state index is 2.39. The highest BCUT2D eigenvalue weighted by molar-refractivity contribution is 4.89. The van der Waals surface area contributed by atoms with E-state index in [1.807, 2.05) is 0 Å². The van der Waals surface area contributed by atoms with Gasteiger partial charge in [0.05, 0.1) is 0 Å². The summed E-state index contributed by atoms with van der Waals surface area (Å²) in [5, 5.41) is 0. The largest absolute Gasteiger partial charge is 0.0654 e. The van der Waals surface area contributed by atoms with Crippen molar-refractivity contribution in [3.05, 3.63) is 0 Å². The minimum Gasteiger partial charge on any atom is -0.0654 e. The summed E-state index contributed by atoms with van der Waals surface area (Å²) in [5.41, 5.74) is 0. The molecule has 0 unspecified atom stereocenters. The Labute approximate surface area is 133 Å². The molecule has 0 radical (unpaired) electrons. The van der Waals surface area contributed by atoms with Crippen molar-refractivity contribution in [2.24, 2.45) is 35.5 Å². The molecule has 3 aliphatic rings. The van der Waals surface area contributed by atoms with Gasteiger partial charge in [0, 0.05) is 0 Å². The van der Waals surface area contributed by atoms with E-state index in [9.17, 15) is 0 Å². The summed E-state index contributed by atoms with van der Waals surface area (Å²) in [6.07, 6.45) is 20.1. The van der Waals surface area contributed by atoms with Crippen molar-refractivity contribution < 1.29 is 0 Å². The van der Waals surface area contributed by atoms with Crippen LogP contribution in [0.5, 0.6) is 0 Å². The van der Waals surface area contributed by atoms with Crippen molar-refractivity contribution in [1.29, 1.82) is 0 Å². The van der Waals surface area contributed by atoms with Crippen LogP contribution in [0.25, 0.3) is 0 Å². The van der Waals surface area contributed by atoms with Crippen molar-refractivity contribution in [1.82, 2.24) is 0 Å². The van der Waals surface area contributed by atoms with E-state index in [1.165, 1.54) is 19.3 Å². The third-order valence-electron chi connectivity index (χ3n) is 7.59. The molecule has 0 heterocycles. The van der Waals surface area contributed by atoms with E-state index in [4.69, 9.17) is 0 Å². The number of fused-ring (bicyclic) bond motifs is 1. The van der Waals surface area contributed by atoms with E-state index in [0.29, 0.717) is 0 Å². The average molecular weight is 291 g/mol. The first kappa shape index (κ1) is 15.9. The lowest BCUT2D eigenvalue weighted by molar-refractivity contribution is 0.0582. The highest BCUT2D eigenvalue weighted by Gasteiger charge is 2.38. The fourth-order valence-electron chi connectivity index (χ4n) is 6.19. The molecule has 0 aromatic heterocycles. The molecule has 3 fully saturated rings. The van der Waals surface area contributed by atoms with Gasteiger partial charge in [0.2, 0.25) is 0 Å². The molecule has 0 aromatic rings. The third-order valence-corrected chi connectivity index (χ3v) is 7.59. The molecule has 0 bridgehead atoms. The van der Waals surface area contributed by atoms with Gasteiger partial charge in [-0.1, -0.05) is 52.4 Å². The Morgan fingerprint density at radius 3 is 1.76 bits per heavy atom. The number of rotatable bonds is 4. The lowest BCUT2D eigenvalue weighted by Crippen LogP contribution is -2.34. The first-order valence-corrected chi connectivity index (χ1v) is 10.3. The predicted octanol–water partition coefficient (Wildman–Crippen LogP) is 6.84. The third kappa shape index (κ3) is 3.85. The van der Waals surface area contributed by atoms with Crippen LogP contribution in [0.1, 0.15) is 97.3 Å². The highest BCUT2D eigenvalue weighted by atomic mass is 14.4. The second kappa shape index (κ2) is 7.51. The molecular formula is C21H38. The van der Waals surface area contributed by atoms with Gasteiger partial charge in [0.15, 0.2) is 0 Å². The summed E-state index contributed by atoms with van der Waals surface area (Å²) in [4.78, 5) is 0. The Hall–Kier alpha value is 0. The molecule has 0 aromatic carbocycles. The van der Waals surface area contributed by atoms with E-state index in [2.05, 4.69) is 13.8 Å². The lowest BCUT2D eigenvalue weighted by Gasteiger charge is -2.45. The minimum atomic E-state index is 1.07. The van der Waals surface area contributed by atoms with Crippen molar-refractivity contribution in [3.63, 3.8) is 0 Å². The topological polar surface area (TPSA) is 0 Å². The van der Waals surface area contributed by atoms with Crippen LogP contribution in [-0.4, -0.2) is 0 Å². The Bertz CT molecular complexity index is 299. The normalized spacial score (nSPS) is 44.3. The molecular weight excluding hydrogens is 252 g/mol. The van der Waals surface area contributed by atoms with Crippen LogP contribution in [0.15, 0.2) is 0 Å². The molecule has 122 valence electrons. The summed E-state index contributed by atoms with van der Waals surface area (Å²) < 4.78 is 0. The van der Waals surface area contributed by atoms with Gasteiger partial charge in [0.25, 0.3) is 0 Å². The summed E-state index contributed by atoms with van der Waals surface area (Å²) in [7, 11) is 0. The Morgan fingerprint density at radius 1 is 0.571 bits per heavy atom. The molecule has 0 heteroatoms.